The second kappa shape index (κ2) is 15.6. The lowest BCUT2D eigenvalue weighted by molar-refractivity contribution is -0.0907. The van der Waals surface area contributed by atoms with Gasteiger partial charge in [-0.1, -0.05) is 44.2 Å². The van der Waals surface area contributed by atoms with Gasteiger partial charge < -0.3 is 45.2 Å². The van der Waals surface area contributed by atoms with Crippen molar-refractivity contribution in [2.75, 3.05) is 34.0 Å². The molecule has 0 spiro atoms. The van der Waals surface area contributed by atoms with E-state index >= 15 is 0 Å². The van der Waals surface area contributed by atoms with E-state index in [4.69, 9.17) is 24.7 Å². The molecule has 260 valence electrons. The smallest absolute Gasteiger partial charge is 0.407 e. The normalized spacial score (nSPS) is 22.0. The van der Waals surface area contributed by atoms with Crippen LogP contribution in [0, 0.1) is 11.3 Å². The van der Waals surface area contributed by atoms with Crippen molar-refractivity contribution in [2.45, 2.75) is 80.3 Å². The molecular weight excluding hydrogens is 630 g/mol. The Balaban J connectivity index is 1.65. The van der Waals surface area contributed by atoms with Crippen molar-refractivity contribution in [1.82, 2.24) is 10.6 Å². The molecular formula is C33H47N3O10S. The number of alkyl carbamates (subject to hydrolysis) is 2. The number of aliphatic hydroxyl groups is 1. The average Bonchev–Trinajstić information content (AvgIpc) is 3.67. The van der Waals surface area contributed by atoms with Gasteiger partial charge in [-0.25, -0.2) is 18.0 Å². The maximum absolute atomic E-state index is 14.5. The predicted molar refractivity (Wildman–Crippen MR) is 172 cm³/mol. The molecule has 13 nitrogen and oxygen atoms in total. The largest absolute Gasteiger partial charge is 0.497 e. The third-order valence-electron chi connectivity index (χ3n) is 8.84. The highest BCUT2D eigenvalue weighted by molar-refractivity contribution is 7.92. The number of amides is 2. The molecule has 14 heteroatoms. The molecule has 0 bridgehead atoms. The first-order chi connectivity index (χ1) is 22.3. The highest BCUT2D eigenvalue weighted by Gasteiger charge is 2.53. The molecule has 0 saturated carbocycles. The van der Waals surface area contributed by atoms with E-state index in [0.717, 1.165) is 5.56 Å². The number of aliphatic hydroxyl groups excluding tert-OH is 1. The summed E-state index contributed by atoms with van der Waals surface area (Å²) in [6.45, 7) is 4.65. The van der Waals surface area contributed by atoms with Gasteiger partial charge in [0.05, 0.1) is 44.3 Å². The van der Waals surface area contributed by atoms with Crippen LogP contribution >= 0.6 is 0 Å². The minimum atomic E-state index is -4.46. The number of fused-ring (bicyclic) bond motifs is 1. The summed E-state index contributed by atoms with van der Waals surface area (Å²) >= 11 is 0. The van der Waals surface area contributed by atoms with Crippen molar-refractivity contribution in [3.05, 3.63) is 60.2 Å². The van der Waals surface area contributed by atoms with Crippen molar-refractivity contribution in [3.8, 4) is 5.75 Å². The van der Waals surface area contributed by atoms with E-state index in [-0.39, 0.29) is 30.3 Å². The van der Waals surface area contributed by atoms with Gasteiger partial charge in [0.25, 0.3) is 0 Å². The Bertz CT molecular complexity index is 1440. The van der Waals surface area contributed by atoms with Crippen LogP contribution in [-0.4, -0.2) is 89.1 Å². The molecule has 2 aromatic carbocycles. The molecule has 2 heterocycles. The molecule has 2 amide bonds. The van der Waals surface area contributed by atoms with E-state index in [1.807, 2.05) is 44.2 Å². The van der Waals surface area contributed by atoms with Gasteiger partial charge in [0.15, 0.2) is 21.0 Å². The van der Waals surface area contributed by atoms with Crippen LogP contribution in [0.5, 0.6) is 5.75 Å². The van der Waals surface area contributed by atoms with Crippen LogP contribution < -0.4 is 21.1 Å². The Morgan fingerprint density at radius 3 is 2.43 bits per heavy atom. The third-order valence-corrected chi connectivity index (χ3v) is 11.1. The Morgan fingerprint density at radius 2 is 1.77 bits per heavy atom. The standard InChI is InChI=1S/C33H47N3O10S/c1-32(2,16-8-17-35-30(38)43-4)21-33(34,47(40,41)24-13-11-23(42-3)12-14-24)28(37)26(19-22-9-6-5-7-10-22)36-31(39)46-27-20-45-29-25(27)15-18-44-29/h5-7,9-14,25-29,37H,8,15-21,34H2,1-4H3,(H,35,38)(H,36,39)/t25-,26+,27-,28-,29+,33?/m1/s1. The van der Waals surface area contributed by atoms with Crippen molar-refractivity contribution in [1.29, 1.82) is 0 Å². The highest BCUT2D eigenvalue weighted by atomic mass is 32.2. The summed E-state index contributed by atoms with van der Waals surface area (Å²) in [5.41, 5.74) is 6.95. The fourth-order valence-electron chi connectivity index (χ4n) is 6.32. The first-order valence-corrected chi connectivity index (χ1v) is 17.2. The minimum Gasteiger partial charge on any atom is -0.497 e. The topological polar surface area (TPSA) is 185 Å². The van der Waals surface area contributed by atoms with E-state index in [1.54, 1.807) is 0 Å². The fourth-order valence-corrected chi connectivity index (χ4v) is 8.32. The lowest BCUT2D eigenvalue weighted by atomic mass is 9.78. The summed E-state index contributed by atoms with van der Waals surface area (Å²) in [5.74, 6) is 0.333. The molecule has 2 aliphatic heterocycles. The summed E-state index contributed by atoms with van der Waals surface area (Å²) in [4.78, 5) is 22.5. The van der Waals surface area contributed by atoms with Gasteiger partial charge in [-0.3, -0.25) is 0 Å². The van der Waals surface area contributed by atoms with E-state index in [1.165, 1.54) is 38.5 Å². The van der Waals surface area contributed by atoms with Gasteiger partial charge in [-0.2, -0.15) is 0 Å². The Morgan fingerprint density at radius 1 is 1.06 bits per heavy atom. The molecule has 47 heavy (non-hydrogen) atoms. The molecule has 2 aliphatic rings. The molecule has 2 aromatic rings. The number of benzene rings is 2. The zero-order valence-corrected chi connectivity index (χ0v) is 28.2. The van der Waals surface area contributed by atoms with Crippen molar-refractivity contribution < 1.29 is 46.8 Å². The summed E-state index contributed by atoms with van der Waals surface area (Å²) in [6.07, 6.45) is -2.70. The molecule has 0 aliphatic carbocycles. The summed E-state index contributed by atoms with van der Waals surface area (Å²) in [7, 11) is -1.72. The lowest BCUT2D eigenvalue weighted by Gasteiger charge is -2.42. The molecule has 5 N–H and O–H groups in total. The van der Waals surface area contributed by atoms with E-state index in [2.05, 4.69) is 15.4 Å². The van der Waals surface area contributed by atoms with E-state index < -0.39 is 56.8 Å². The molecule has 4 rings (SSSR count). The molecule has 2 saturated heterocycles. The van der Waals surface area contributed by atoms with Crippen LogP contribution in [0.3, 0.4) is 0 Å². The van der Waals surface area contributed by atoms with Crippen LogP contribution in [0.2, 0.25) is 0 Å². The van der Waals surface area contributed by atoms with Crippen LogP contribution in [0.25, 0.3) is 0 Å². The van der Waals surface area contributed by atoms with Crippen LogP contribution in [0.4, 0.5) is 9.59 Å². The second-order valence-corrected chi connectivity index (χ2v) is 15.1. The number of hydrogen-bond acceptors (Lipinski definition) is 11. The van der Waals surface area contributed by atoms with Gasteiger partial charge in [-0.05, 0) is 67.3 Å². The predicted octanol–water partition coefficient (Wildman–Crippen LogP) is 3.14. The molecule has 0 radical (unpaired) electrons. The number of hydrogen-bond donors (Lipinski definition) is 4. The zero-order chi connectivity index (χ0) is 34.2. The van der Waals surface area contributed by atoms with Crippen LogP contribution in [-0.2, 0) is 35.2 Å². The number of carbonyl (C=O) groups excluding carboxylic acids is 2. The SMILES string of the molecule is COC(=O)NCCCC(C)(C)CC(N)([C@H](O)[C@H](Cc1ccccc1)NC(=O)O[C@@H]1CO[C@@H]2OCC[C@@H]21)S(=O)(=O)c1ccc(OC)cc1. The summed E-state index contributed by atoms with van der Waals surface area (Å²) in [5, 5.41) is 17.5. The van der Waals surface area contributed by atoms with E-state index in [9.17, 15) is 23.1 Å². The highest BCUT2D eigenvalue weighted by Crippen LogP contribution is 2.40. The van der Waals surface area contributed by atoms with Crippen molar-refractivity contribution in [3.63, 3.8) is 0 Å². The van der Waals surface area contributed by atoms with Gasteiger partial charge in [0.1, 0.15) is 18.0 Å². The monoisotopic (exact) mass is 677 g/mol. The third kappa shape index (κ3) is 8.93. The first-order valence-electron chi connectivity index (χ1n) is 15.7. The maximum atomic E-state index is 14.5. The Labute approximate surface area is 276 Å². The Hall–Kier alpha value is -3.43. The molecule has 1 unspecified atom stereocenters. The molecule has 6 atom stereocenters. The molecule has 0 aromatic heterocycles. The fraction of sp³-hybridized carbons (Fsp3) is 0.576. The van der Waals surface area contributed by atoms with Gasteiger partial charge >= 0.3 is 12.2 Å². The minimum absolute atomic E-state index is 0.0635. The average molecular weight is 678 g/mol. The van der Waals surface area contributed by atoms with E-state index in [0.29, 0.717) is 38.2 Å². The van der Waals surface area contributed by atoms with Gasteiger partial charge in [-0.15, -0.1) is 0 Å². The van der Waals surface area contributed by atoms with Crippen LogP contribution in [0.15, 0.2) is 59.5 Å². The van der Waals surface area contributed by atoms with Gasteiger partial charge in [0.2, 0.25) is 0 Å². The van der Waals surface area contributed by atoms with Crippen molar-refractivity contribution >= 4 is 22.0 Å². The zero-order valence-electron chi connectivity index (χ0n) is 27.3. The second-order valence-electron chi connectivity index (χ2n) is 12.9. The maximum Gasteiger partial charge on any atom is 0.407 e. The number of nitrogens with two attached hydrogens (primary N) is 1. The number of carbonyl (C=O) groups is 2. The van der Waals surface area contributed by atoms with Crippen molar-refractivity contribution in [2.24, 2.45) is 17.1 Å². The number of methoxy groups -OCH3 is 2. The first kappa shape index (κ1) is 36.4. The quantitative estimate of drug-likeness (QED) is 0.203. The lowest BCUT2D eigenvalue weighted by Crippen LogP contribution is -2.65. The molecule has 2 fully saturated rings. The van der Waals surface area contributed by atoms with Crippen LogP contribution in [0.1, 0.15) is 45.1 Å². The number of nitrogens with one attached hydrogen (secondary N) is 2. The van der Waals surface area contributed by atoms with Gasteiger partial charge in [0, 0.05) is 6.54 Å². The Kier molecular flexibility index (Phi) is 12.1. The summed E-state index contributed by atoms with van der Waals surface area (Å²) in [6, 6.07) is 13.7. The number of sulfone groups is 1. The number of ether oxygens (including phenoxy) is 5. The number of rotatable bonds is 15. The summed E-state index contributed by atoms with van der Waals surface area (Å²) < 4.78 is 55.7.